The SMILES string of the molecule is O=C(O)C(=O)NCC1(O)CCCC1. The van der Waals surface area contributed by atoms with Gasteiger partial charge in [-0.25, -0.2) is 4.79 Å². The first-order valence-electron chi connectivity index (χ1n) is 4.27. The molecule has 0 aromatic rings. The van der Waals surface area contributed by atoms with Gasteiger partial charge < -0.3 is 15.5 Å². The third-order valence-electron chi connectivity index (χ3n) is 2.31. The summed E-state index contributed by atoms with van der Waals surface area (Å²) in [6.45, 7) is 0.0398. The summed E-state index contributed by atoms with van der Waals surface area (Å²) in [5.74, 6) is -2.57. The van der Waals surface area contributed by atoms with Crippen molar-refractivity contribution in [2.45, 2.75) is 31.3 Å². The number of hydrogen-bond donors (Lipinski definition) is 3. The summed E-state index contributed by atoms with van der Waals surface area (Å²) in [5.41, 5.74) is -0.884. The third kappa shape index (κ3) is 2.69. The molecule has 0 heterocycles. The summed E-state index contributed by atoms with van der Waals surface area (Å²) >= 11 is 0. The molecule has 0 saturated heterocycles. The van der Waals surface area contributed by atoms with Gasteiger partial charge in [0.25, 0.3) is 0 Å². The molecule has 1 aliphatic carbocycles. The molecule has 1 amide bonds. The fourth-order valence-corrected chi connectivity index (χ4v) is 1.53. The second kappa shape index (κ2) is 3.74. The summed E-state index contributed by atoms with van der Waals surface area (Å²) in [6.07, 6.45) is 3.12. The van der Waals surface area contributed by atoms with Gasteiger partial charge >= 0.3 is 11.9 Å². The monoisotopic (exact) mass is 187 g/mol. The predicted molar refractivity (Wildman–Crippen MR) is 44.1 cm³/mol. The van der Waals surface area contributed by atoms with Crippen molar-refractivity contribution >= 4 is 11.9 Å². The van der Waals surface area contributed by atoms with E-state index in [4.69, 9.17) is 5.11 Å². The van der Waals surface area contributed by atoms with Crippen LogP contribution in [0.1, 0.15) is 25.7 Å². The van der Waals surface area contributed by atoms with Crippen LogP contribution in [0.25, 0.3) is 0 Å². The molecule has 0 unspecified atom stereocenters. The second-order valence-corrected chi connectivity index (χ2v) is 3.42. The average Bonchev–Trinajstić information content (AvgIpc) is 2.48. The van der Waals surface area contributed by atoms with Crippen LogP contribution in [-0.2, 0) is 9.59 Å². The van der Waals surface area contributed by atoms with Gasteiger partial charge in [-0.15, -0.1) is 0 Å². The van der Waals surface area contributed by atoms with E-state index in [2.05, 4.69) is 5.32 Å². The molecular formula is C8H13NO4. The van der Waals surface area contributed by atoms with Crippen LogP contribution in [0, 0.1) is 0 Å². The maximum absolute atomic E-state index is 10.6. The van der Waals surface area contributed by atoms with Crippen molar-refractivity contribution in [3.8, 4) is 0 Å². The fraction of sp³-hybridized carbons (Fsp3) is 0.750. The minimum absolute atomic E-state index is 0.0398. The zero-order valence-corrected chi connectivity index (χ0v) is 7.25. The molecule has 0 aromatic carbocycles. The summed E-state index contributed by atoms with van der Waals surface area (Å²) < 4.78 is 0. The largest absolute Gasteiger partial charge is 0.474 e. The molecular weight excluding hydrogens is 174 g/mol. The number of carbonyl (C=O) groups excluding carboxylic acids is 1. The van der Waals surface area contributed by atoms with Gasteiger partial charge in [0, 0.05) is 6.54 Å². The van der Waals surface area contributed by atoms with E-state index in [9.17, 15) is 14.7 Å². The van der Waals surface area contributed by atoms with E-state index >= 15 is 0 Å². The quantitative estimate of drug-likeness (QED) is 0.508. The first-order chi connectivity index (χ1) is 6.03. The number of carboxylic acid groups (broad SMARTS) is 1. The van der Waals surface area contributed by atoms with Crippen molar-refractivity contribution in [1.29, 1.82) is 0 Å². The van der Waals surface area contributed by atoms with Gasteiger partial charge in [0.15, 0.2) is 0 Å². The number of nitrogens with one attached hydrogen (secondary N) is 1. The molecule has 3 N–H and O–H groups in total. The Morgan fingerprint density at radius 2 is 1.85 bits per heavy atom. The molecule has 74 valence electrons. The first kappa shape index (κ1) is 9.98. The van der Waals surface area contributed by atoms with Crippen LogP contribution < -0.4 is 5.32 Å². The topological polar surface area (TPSA) is 86.6 Å². The number of hydrogen-bond acceptors (Lipinski definition) is 3. The van der Waals surface area contributed by atoms with Gasteiger partial charge in [-0.2, -0.15) is 0 Å². The number of aliphatic carboxylic acids is 1. The van der Waals surface area contributed by atoms with Crippen LogP contribution in [0.15, 0.2) is 0 Å². The van der Waals surface area contributed by atoms with Crippen LogP contribution in [0.2, 0.25) is 0 Å². The second-order valence-electron chi connectivity index (χ2n) is 3.42. The van der Waals surface area contributed by atoms with E-state index in [1.807, 2.05) is 0 Å². The molecule has 0 aliphatic heterocycles. The highest BCUT2D eigenvalue weighted by molar-refractivity contribution is 6.31. The molecule has 0 atom stereocenters. The van der Waals surface area contributed by atoms with Crippen LogP contribution in [0.5, 0.6) is 0 Å². The Kier molecular flexibility index (Phi) is 2.87. The minimum atomic E-state index is -1.51. The van der Waals surface area contributed by atoms with E-state index in [0.29, 0.717) is 12.8 Å². The maximum atomic E-state index is 10.6. The van der Waals surface area contributed by atoms with Crippen molar-refractivity contribution in [2.24, 2.45) is 0 Å². The summed E-state index contributed by atoms with van der Waals surface area (Å²) in [6, 6.07) is 0. The molecule has 0 spiro atoms. The van der Waals surface area contributed by atoms with Crippen LogP contribution in [0.3, 0.4) is 0 Å². The van der Waals surface area contributed by atoms with E-state index in [0.717, 1.165) is 12.8 Å². The lowest BCUT2D eigenvalue weighted by Crippen LogP contribution is -2.43. The number of carbonyl (C=O) groups is 2. The van der Waals surface area contributed by atoms with Crippen molar-refractivity contribution < 1.29 is 19.8 Å². The Hall–Kier alpha value is -1.10. The van der Waals surface area contributed by atoms with Gasteiger partial charge in [0.1, 0.15) is 0 Å². The Morgan fingerprint density at radius 1 is 1.31 bits per heavy atom. The molecule has 5 nitrogen and oxygen atoms in total. The van der Waals surface area contributed by atoms with Crippen molar-refractivity contribution in [2.75, 3.05) is 6.54 Å². The highest BCUT2D eigenvalue weighted by atomic mass is 16.4. The highest BCUT2D eigenvalue weighted by Gasteiger charge is 2.31. The zero-order valence-electron chi connectivity index (χ0n) is 7.25. The molecule has 0 radical (unpaired) electrons. The van der Waals surface area contributed by atoms with E-state index < -0.39 is 17.5 Å². The van der Waals surface area contributed by atoms with Gasteiger partial charge in [-0.05, 0) is 12.8 Å². The normalized spacial score (nSPS) is 19.8. The average molecular weight is 187 g/mol. The van der Waals surface area contributed by atoms with Crippen LogP contribution >= 0.6 is 0 Å². The van der Waals surface area contributed by atoms with E-state index in [-0.39, 0.29) is 6.54 Å². The predicted octanol–water partition coefficient (Wildman–Crippen LogP) is -0.508. The Balaban J connectivity index is 2.33. The number of carboxylic acids is 1. The Bertz CT molecular complexity index is 220. The lowest BCUT2D eigenvalue weighted by molar-refractivity contribution is -0.150. The number of amides is 1. The molecule has 0 aromatic heterocycles. The molecule has 1 fully saturated rings. The zero-order chi connectivity index (χ0) is 9.90. The molecule has 1 rings (SSSR count). The Morgan fingerprint density at radius 3 is 2.31 bits per heavy atom. The van der Waals surface area contributed by atoms with Gasteiger partial charge in [-0.3, -0.25) is 4.79 Å². The van der Waals surface area contributed by atoms with Crippen molar-refractivity contribution in [1.82, 2.24) is 5.32 Å². The van der Waals surface area contributed by atoms with Crippen molar-refractivity contribution in [3.05, 3.63) is 0 Å². The minimum Gasteiger partial charge on any atom is -0.474 e. The first-order valence-corrected chi connectivity index (χ1v) is 4.27. The standard InChI is InChI=1S/C8H13NO4/c10-6(7(11)12)9-5-8(13)3-1-2-4-8/h13H,1-5H2,(H,9,10)(H,11,12). The van der Waals surface area contributed by atoms with Crippen LogP contribution in [-0.4, -0.2) is 34.2 Å². The molecule has 5 heteroatoms. The molecule has 1 saturated carbocycles. The fourth-order valence-electron chi connectivity index (χ4n) is 1.53. The number of aliphatic hydroxyl groups is 1. The summed E-state index contributed by atoms with van der Waals surface area (Å²) in [4.78, 5) is 20.7. The van der Waals surface area contributed by atoms with E-state index in [1.54, 1.807) is 0 Å². The summed E-state index contributed by atoms with van der Waals surface area (Å²) in [5, 5.41) is 20.1. The van der Waals surface area contributed by atoms with Gasteiger partial charge in [0.05, 0.1) is 5.60 Å². The summed E-state index contributed by atoms with van der Waals surface area (Å²) in [7, 11) is 0. The lowest BCUT2D eigenvalue weighted by atomic mass is 10.0. The van der Waals surface area contributed by atoms with E-state index in [1.165, 1.54) is 0 Å². The third-order valence-corrected chi connectivity index (χ3v) is 2.31. The Labute approximate surface area is 75.7 Å². The van der Waals surface area contributed by atoms with Gasteiger partial charge in [-0.1, -0.05) is 12.8 Å². The van der Waals surface area contributed by atoms with Crippen LogP contribution in [0.4, 0.5) is 0 Å². The highest BCUT2D eigenvalue weighted by Crippen LogP contribution is 2.28. The molecule has 13 heavy (non-hydrogen) atoms. The molecule has 1 aliphatic rings. The van der Waals surface area contributed by atoms with Gasteiger partial charge in [0.2, 0.25) is 0 Å². The smallest absolute Gasteiger partial charge is 0.394 e. The molecule has 0 bridgehead atoms. The maximum Gasteiger partial charge on any atom is 0.394 e. The number of rotatable bonds is 2. The lowest BCUT2D eigenvalue weighted by Gasteiger charge is -2.21. The van der Waals surface area contributed by atoms with Crippen molar-refractivity contribution in [3.63, 3.8) is 0 Å².